The van der Waals surface area contributed by atoms with Gasteiger partial charge in [-0.25, -0.2) is 9.97 Å². The molecule has 3 heterocycles. The molecular weight excluding hydrogens is 510 g/mol. The van der Waals surface area contributed by atoms with Crippen LogP contribution >= 0.6 is 11.6 Å². The third-order valence-electron chi connectivity index (χ3n) is 6.40. The Morgan fingerprint density at radius 3 is 1.85 bits per heavy atom. The molecule has 0 bridgehead atoms. The highest BCUT2D eigenvalue weighted by molar-refractivity contribution is 6.30. The molecule has 0 saturated carbocycles. The molecule has 4 N–H and O–H groups in total. The number of rotatable bonds is 3. The van der Waals surface area contributed by atoms with E-state index in [-0.39, 0.29) is 5.15 Å². The number of aromatic nitrogens is 2. The maximum Gasteiger partial charge on any atom is 0.146 e. The number of aryl methyl sites for hydroxylation is 2. The van der Waals surface area contributed by atoms with Crippen molar-refractivity contribution in [2.75, 3.05) is 42.7 Å². The third-order valence-corrected chi connectivity index (χ3v) is 6.70. The SMILES string of the molecule is Cc1ccc(N)cc1-c1cnc(Cl)c(C#N)c1.Cc1ccc(N)cc1-c1cnc(N2CCOCC2)c(C#N)c1. The van der Waals surface area contributed by atoms with Gasteiger partial charge in [0.05, 0.1) is 24.3 Å². The molecule has 2 aromatic carbocycles. The summed E-state index contributed by atoms with van der Waals surface area (Å²) in [6.45, 7) is 6.87. The molecule has 8 nitrogen and oxygen atoms in total. The van der Waals surface area contributed by atoms with Crippen molar-refractivity contribution in [3.8, 4) is 34.4 Å². The van der Waals surface area contributed by atoms with Crippen molar-refractivity contribution in [1.29, 1.82) is 10.5 Å². The Balaban J connectivity index is 0.000000187. The summed E-state index contributed by atoms with van der Waals surface area (Å²) in [6.07, 6.45) is 3.46. The standard InChI is InChI=1S/C17H18N4O.C13H10ClN3/c1-12-2-3-15(19)9-16(12)14-8-13(10-18)17(20-11-14)21-4-6-22-7-5-21;1-8-2-3-11(16)5-12(8)10-4-9(6-15)13(14)17-7-10/h2-3,8-9,11H,4-7,19H2,1H3;2-5,7H,16H2,1H3. The predicted octanol–water partition coefficient (Wildman–Crippen LogP) is 5.51. The van der Waals surface area contributed by atoms with Crippen LogP contribution in [0.25, 0.3) is 22.3 Å². The second kappa shape index (κ2) is 12.3. The van der Waals surface area contributed by atoms with Crippen molar-refractivity contribution in [2.45, 2.75) is 13.8 Å². The van der Waals surface area contributed by atoms with Gasteiger partial charge in [0.25, 0.3) is 0 Å². The summed E-state index contributed by atoms with van der Waals surface area (Å²) in [6, 6.07) is 19.3. The minimum atomic E-state index is 0.220. The Morgan fingerprint density at radius 2 is 1.31 bits per heavy atom. The molecule has 39 heavy (non-hydrogen) atoms. The summed E-state index contributed by atoms with van der Waals surface area (Å²) in [5, 5.41) is 18.6. The fraction of sp³-hybridized carbons (Fsp3) is 0.200. The van der Waals surface area contributed by atoms with Crippen LogP contribution in [-0.4, -0.2) is 36.3 Å². The van der Waals surface area contributed by atoms with Gasteiger partial charge in [-0.3, -0.25) is 0 Å². The highest BCUT2D eigenvalue weighted by atomic mass is 35.5. The lowest BCUT2D eigenvalue weighted by Gasteiger charge is -2.28. The first kappa shape index (κ1) is 27.4. The lowest BCUT2D eigenvalue weighted by atomic mass is 10.00. The van der Waals surface area contributed by atoms with Crippen molar-refractivity contribution in [2.24, 2.45) is 0 Å². The van der Waals surface area contributed by atoms with Crippen molar-refractivity contribution in [1.82, 2.24) is 9.97 Å². The minimum absolute atomic E-state index is 0.220. The number of benzene rings is 2. The highest BCUT2D eigenvalue weighted by Crippen LogP contribution is 2.29. The lowest BCUT2D eigenvalue weighted by molar-refractivity contribution is 0.122. The van der Waals surface area contributed by atoms with Gasteiger partial charge in [-0.05, 0) is 72.5 Å². The Morgan fingerprint density at radius 1 is 0.795 bits per heavy atom. The van der Waals surface area contributed by atoms with Crippen LogP contribution in [0.2, 0.25) is 5.15 Å². The van der Waals surface area contributed by atoms with Gasteiger partial charge in [-0.1, -0.05) is 23.7 Å². The molecule has 0 unspecified atom stereocenters. The Hall–Kier alpha value is -4.63. The first-order chi connectivity index (χ1) is 18.8. The van der Waals surface area contributed by atoms with E-state index in [1.807, 2.05) is 68.6 Å². The number of pyridine rings is 2. The van der Waals surface area contributed by atoms with Crippen LogP contribution in [-0.2, 0) is 4.74 Å². The molecule has 0 amide bonds. The zero-order valence-electron chi connectivity index (χ0n) is 21.8. The Kier molecular flexibility index (Phi) is 8.63. The van der Waals surface area contributed by atoms with E-state index in [0.29, 0.717) is 35.7 Å². The number of anilines is 3. The monoisotopic (exact) mass is 537 g/mol. The van der Waals surface area contributed by atoms with Crippen LogP contribution < -0.4 is 16.4 Å². The third kappa shape index (κ3) is 6.45. The van der Waals surface area contributed by atoms with E-state index in [1.54, 1.807) is 12.3 Å². The lowest BCUT2D eigenvalue weighted by Crippen LogP contribution is -2.37. The van der Waals surface area contributed by atoms with E-state index < -0.39 is 0 Å². The summed E-state index contributed by atoms with van der Waals surface area (Å²) in [5.41, 5.74) is 19.9. The van der Waals surface area contributed by atoms with Gasteiger partial charge in [-0.2, -0.15) is 10.5 Å². The number of nitriles is 2. The van der Waals surface area contributed by atoms with E-state index in [0.717, 1.165) is 52.3 Å². The topological polar surface area (TPSA) is 138 Å². The quantitative estimate of drug-likeness (QED) is 0.257. The maximum absolute atomic E-state index is 9.47. The van der Waals surface area contributed by atoms with Crippen LogP contribution in [0.1, 0.15) is 22.3 Å². The average molecular weight is 538 g/mol. The summed E-state index contributed by atoms with van der Waals surface area (Å²) in [4.78, 5) is 10.6. The number of morpholine rings is 1. The number of hydrogen-bond acceptors (Lipinski definition) is 8. The van der Waals surface area contributed by atoms with E-state index in [2.05, 4.69) is 20.9 Å². The molecule has 1 aliphatic heterocycles. The highest BCUT2D eigenvalue weighted by Gasteiger charge is 2.17. The van der Waals surface area contributed by atoms with Crippen LogP contribution in [0, 0.1) is 36.5 Å². The maximum atomic E-state index is 9.47. The molecule has 1 fully saturated rings. The molecule has 9 heteroatoms. The molecule has 0 spiro atoms. The molecule has 5 rings (SSSR count). The van der Waals surface area contributed by atoms with Gasteiger partial charge < -0.3 is 21.1 Å². The molecule has 0 radical (unpaired) electrons. The molecule has 0 atom stereocenters. The van der Waals surface area contributed by atoms with Crippen LogP contribution in [0.5, 0.6) is 0 Å². The van der Waals surface area contributed by atoms with Gasteiger partial charge in [0, 0.05) is 48.0 Å². The van der Waals surface area contributed by atoms with E-state index in [4.69, 9.17) is 33.1 Å². The fourth-order valence-electron chi connectivity index (χ4n) is 4.29. The van der Waals surface area contributed by atoms with Crippen molar-refractivity contribution in [3.05, 3.63) is 88.3 Å². The number of nitrogens with zero attached hydrogens (tertiary/aromatic N) is 5. The summed E-state index contributed by atoms with van der Waals surface area (Å²) in [7, 11) is 0. The van der Waals surface area contributed by atoms with E-state index in [9.17, 15) is 5.26 Å². The van der Waals surface area contributed by atoms with Gasteiger partial charge >= 0.3 is 0 Å². The van der Waals surface area contributed by atoms with Gasteiger partial charge in [0.2, 0.25) is 0 Å². The van der Waals surface area contributed by atoms with E-state index >= 15 is 0 Å². The molecule has 4 aromatic rings. The first-order valence-electron chi connectivity index (χ1n) is 12.3. The van der Waals surface area contributed by atoms with Gasteiger partial charge in [0.1, 0.15) is 23.1 Å². The second-order valence-corrected chi connectivity index (χ2v) is 9.49. The smallest absolute Gasteiger partial charge is 0.146 e. The second-order valence-electron chi connectivity index (χ2n) is 9.13. The molecule has 1 aliphatic rings. The van der Waals surface area contributed by atoms with E-state index in [1.165, 1.54) is 0 Å². The average Bonchev–Trinajstić information content (AvgIpc) is 2.96. The Labute approximate surface area is 233 Å². The van der Waals surface area contributed by atoms with Crippen LogP contribution in [0.3, 0.4) is 0 Å². The number of ether oxygens (including phenoxy) is 1. The number of halogens is 1. The predicted molar refractivity (Wildman–Crippen MR) is 155 cm³/mol. The first-order valence-corrected chi connectivity index (χ1v) is 12.7. The van der Waals surface area contributed by atoms with Gasteiger partial charge in [-0.15, -0.1) is 0 Å². The van der Waals surface area contributed by atoms with Crippen molar-refractivity contribution in [3.63, 3.8) is 0 Å². The summed E-state index contributed by atoms with van der Waals surface area (Å²) < 4.78 is 5.35. The molecule has 1 saturated heterocycles. The number of nitrogens with two attached hydrogens (primary N) is 2. The number of nitrogen functional groups attached to an aromatic ring is 2. The summed E-state index contributed by atoms with van der Waals surface area (Å²) in [5.74, 6) is 0.733. The Bertz CT molecular complexity index is 1580. The fourth-order valence-corrected chi connectivity index (χ4v) is 4.43. The largest absolute Gasteiger partial charge is 0.399 e. The van der Waals surface area contributed by atoms with Crippen LogP contribution in [0.4, 0.5) is 17.2 Å². The normalized spacial score (nSPS) is 12.6. The molecular formula is C30H28ClN7O. The molecule has 196 valence electrons. The minimum Gasteiger partial charge on any atom is -0.399 e. The van der Waals surface area contributed by atoms with Crippen molar-refractivity contribution < 1.29 is 4.74 Å². The number of hydrogen-bond donors (Lipinski definition) is 2. The molecule has 0 aliphatic carbocycles. The van der Waals surface area contributed by atoms with Crippen molar-refractivity contribution >= 4 is 28.8 Å². The zero-order chi connectivity index (χ0) is 27.9. The summed E-state index contributed by atoms with van der Waals surface area (Å²) >= 11 is 5.80. The molecule has 2 aromatic heterocycles. The van der Waals surface area contributed by atoms with Gasteiger partial charge in [0.15, 0.2) is 0 Å². The zero-order valence-corrected chi connectivity index (χ0v) is 22.5. The van der Waals surface area contributed by atoms with Crippen LogP contribution in [0.15, 0.2) is 60.9 Å².